The molecular formula is C20H23FN2O. The van der Waals surface area contributed by atoms with E-state index in [1.165, 1.54) is 6.07 Å². The molecule has 2 aromatic rings. The highest BCUT2D eigenvalue weighted by Gasteiger charge is 2.28. The largest absolute Gasteiger partial charge is 0.348 e. The minimum Gasteiger partial charge on any atom is -0.348 e. The Hall–Kier alpha value is -2.20. The lowest BCUT2D eigenvalue weighted by atomic mass is 9.98. The van der Waals surface area contributed by atoms with Gasteiger partial charge in [0.05, 0.1) is 12.6 Å². The molecule has 2 aromatic carbocycles. The van der Waals surface area contributed by atoms with Crippen LogP contribution in [0.3, 0.4) is 0 Å². The van der Waals surface area contributed by atoms with Crippen molar-refractivity contribution in [3.05, 3.63) is 71.5 Å². The second kappa shape index (κ2) is 7.58. The van der Waals surface area contributed by atoms with Crippen molar-refractivity contribution >= 4 is 5.91 Å². The van der Waals surface area contributed by atoms with E-state index in [4.69, 9.17) is 0 Å². The van der Waals surface area contributed by atoms with E-state index in [2.05, 4.69) is 10.2 Å². The van der Waals surface area contributed by atoms with E-state index in [0.717, 1.165) is 18.4 Å². The minimum absolute atomic E-state index is 0.0615. The third-order valence-corrected chi connectivity index (χ3v) is 4.46. The zero-order chi connectivity index (χ0) is 16.9. The highest BCUT2D eigenvalue weighted by molar-refractivity contribution is 5.78. The third kappa shape index (κ3) is 4.42. The van der Waals surface area contributed by atoms with Gasteiger partial charge in [0, 0.05) is 11.6 Å². The Morgan fingerprint density at radius 1 is 1.17 bits per heavy atom. The molecule has 0 unspecified atom stereocenters. The summed E-state index contributed by atoms with van der Waals surface area (Å²) in [5, 5.41) is 3.02. The highest BCUT2D eigenvalue weighted by atomic mass is 19.1. The standard InChI is InChI=1S/C20H23FN2O/c1-23(16-11-12-16)14-20(24)22-19(13-15-7-3-2-4-8-15)17-9-5-6-10-18(17)21/h2-10,16,19H,11-14H2,1H3,(H,22,24)/t19-/m1/s1. The molecule has 1 atom stereocenters. The smallest absolute Gasteiger partial charge is 0.234 e. The van der Waals surface area contributed by atoms with E-state index >= 15 is 0 Å². The number of amides is 1. The highest BCUT2D eigenvalue weighted by Crippen LogP contribution is 2.25. The first kappa shape index (κ1) is 16.7. The van der Waals surface area contributed by atoms with Gasteiger partial charge in [0.25, 0.3) is 0 Å². The molecule has 0 aromatic heterocycles. The SMILES string of the molecule is CN(CC(=O)N[C@H](Cc1ccccc1)c1ccccc1F)C1CC1. The molecule has 0 saturated heterocycles. The molecule has 126 valence electrons. The van der Waals surface area contributed by atoms with Crippen LogP contribution in [0.5, 0.6) is 0 Å². The molecule has 1 aliphatic carbocycles. The molecule has 24 heavy (non-hydrogen) atoms. The fourth-order valence-corrected chi connectivity index (χ4v) is 2.96. The number of halogens is 1. The summed E-state index contributed by atoms with van der Waals surface area (Å²) in [5.74, 6) is -0.345. The van der Waals surface area contributed by atoms with Crippen LogP contribution >= 0.6 is 0 Å². The van der Waals surface area contributed by atoms with Gasteiger partial charge in [-0.05, 0) is 37.9 Å². The molecule has 3 nitrogen and oxygen atoms in total. The van der Waals surface area contributed by atoms with Gasteiger partial charge in [0.2, 0.25) is 5.91 Å². The Morgan fingerprint density at radius 2 is 1.83 bits per heavy atom. The maximum absolute atomic E-state index is 14.2. The van der Waals surface area contributed by atoms with Crippen molar-refractivity contribution in [1.82, 2.24) is 10.2 Å². The lowest BCUT2D eigenvalue weighted by Crippen LogP contribution is -2.39. The van der Waals surface area contributed by atoms with Crippen LogP contribution in [0, 0.1) is 5.82 Å². The van der Waals surface area contributed by atoms with Crippen LogP contribution in [0.2, 0.25) is 0 Å². The topological polar surface area (TPSA) is 32.3 Å². The first-order valence-corrected chi connectivity index (χ1v) is 8.41. The molecular weight excluding hydrogens is 303 g/mol. The van der Waals surface area contributed by atoms with Gasteiger partial charge < -0.3 is 5.32 Å². The quantitative estimate of drug-likeness (QED) is 0.846. The number of rotatable bonds is 7. The van der Waals surface area contributed by atoms with Gasteiger partial charge in [-0.2, -0.15) is 0 Å². The van der Waals surface area contributed by atoms with Crippen LogP contribution in [0.25, 0.3) is 0 Å². The fraction of sp³-hybridized carbons (Fsp3) is 0.350. The average Bonchev–Trinajstić information content (AvgIpc) is 3.40. The van der Waals surface area contributed by atoms with Crippen molar-refractivity contribution in [1.29, 1.82) is 0 Å². The summed E-state index contributed by atoms with van der Waals surface area (Å²) in [4.78, 5) is 14.5. The lowest BCUT2D eigenvalue weighted by Gasteiger charge is -2.22. The average molecular weight is 326 g/mol. The molecule has 3 rings (SSSR count). The van der Waals surface area contributed by atoms with E-state index in [-0.39, 0.29) is 17.8 Å². The number of hydrogen-bond acceptors (Lipinski definition) is 2. The fourth-order valence-electron chi connectivity index (χ4n) is 2.96. The summed E-state index contributed by atoms with van der Waals surface area (Å²) in [6.45, 7) is 0.352. The number of benzene rings is 2. The summed E-state index contributed by atoms with van der Waals surface area (Å²) in [6, 6.07) is 16.7. The Kier molecular flexibility index (Phi) is 5.26. The number of carbonyl (C=O) groups excluding carboxylic acids is 1. The Balaban J connectivity index is 1.74. The van der Waals surface area contributed by atoms with Gasteiger partial charge in [-0.3, -0.25) is 9.69 Å². The number of nitrogens with zero attached hydrogens (tertiary/aromatic N) is 1. The van der Waals surface area contributed by atoms with E-state index < -0.39 is 0 Å². The molecule has 1 saturated carbocycles. The Bertz CT molecular complexity index is 685. The molecule has 1 N–H and O–H groups in total. The van der Waals surface area contributed by atoms with Gasteiger partial charge in [0.15, 0.2) is 0 Å². The third-order valence-electron chi connectivity index (χ3n) is 4.46. The van der Waals surface area contributed by atoms with Crippen LogP contribution in [0.15, 0.2) is 54.6 Å². The maximum atomic E-state index is 14.2. The predicted molar refractivity (Wildman–Crippen MR) is 93.1 cm³/mol. The van der Waals surface area contributed by atoms with Gasteiger partial charge in [-0.15, -0.1) is 0 Å². The molecule has 0 aliphatic heterocycles. The molecule has 1 aliphatic rings. The van der Waals surface area contributed by atoms with E-state index in [9.17, 15) is 9.18 Å². The predicted octanol–water partition coefficient (Wildman–Crippen LogP) is 3.32. The first-order valence-electron chi connectivity index (χ1n) is 8.41. The van der Waals surface area contributed by atoms with Gasteiger partial charge in [0.1, 0.15) is 5.82 Å². The molecule has 4 heteroatoms. The molecule has 1 amide bonds. The summed E-state index contributed by atoms with van der Waals surface area (Å²) in [7, 11) is 1.96. The number of carbonyl (C=O) groups is 1. The summed E-state index contributed by atoms with van der Waals surface area (Å²) >= 11 is 0. The van der Waals surface area contributed by atoms with Gasteiger partial charge >= 0.3 is 0 Å². The van der Waals surface area contributed by atoms with Crippen molar-refractivity contribution in [3.8, 4) is 0 Å². The molecule has 0 bridgehead atoms. The van der Waals surface area contributed by atoms with Crippen LogP contribution in [-0.2, 0) is 11.2 Å². The van der Waals surface area contributed by atoms with Crippen molar-refractivity contribution in [3.63, 3.8) is 0 Å². The van der Waals surface area contributed by atoms with Crippen molar-refractivity contribution < 1.29 is 9.18 Å². The number of hydrogen-bond donors (Lipinski definition) is 1. The van der Waals surface area contributed by atoms with E-state index in [1.54, 1.807) is 18.2 Å². The Morgan fingerprint density at radius 3 is 2.50 bits per heavy atom. The van der Waals surface area contributed by atoms with Crippen LogP contribution < -0.4 is 5.32 Å². The van der Waals surface area contributed by atoms with Crippen molar-refractivity contribution in [2.45, 2.75) is 31.3 Å². The lowest BCUT2D eigenvalue weighted by molar-refractivity contribution is -0.122. The second-order valence-corrected chi connectivity index (χ2v) is 6.48. The zero-order valence-electron chi connectivity index (χ0n) is 13.9. The Labute approximate surface area is 142 Å². The molecule has 0 radical (unpaired) electrons. The zero-order valence-corrected chi connectivity index (χ0v) is 13.9. The van der Waals surface area contributed by atoms with Crippen LogP contribution in [0.1, 0.15) is 30.0 Å². The molecule has 1 fully saturated rings. The summed E-state index contributed by atoms with van der Waals surface area (Å²) in [6.07, 6.45) is 2.88. The van der Waals surface area contributed by atoms with Crippen LogP contribution in [-0.4, -0.2) is 30.4 Å². The second-order valence-electron chi connectivity index (χ2n) is 6.48. The first-order chi connectivity index (χ1) is 11.6. The van der Waals surface area contributed by atoms with Gasteiger partial charge in [-0.25, -0.2) is 4.39 Å². The minimum atomic E-state index is -0.367. The van der Waals surface area contributed by atoms with Gasteiger partial charge in [-0.1, -0.05) is 48.5 Å². The molecule has 0 spiro atoms. The monoisotopic (exact) mass is 326 g/mol. The van der Waals surface area contributed by atoms with Crippen molar-refractivity contribution in [2.75, 3.05) is 13.6 Å². The maximum Gasteiger partial charge on any atom is 0.234 e. The van der Waals surface area contributed by atoms with Crippen LogP contribution in [0.4, 0.5) is 4.39 Å². The van der Waals surface area contributed by atoms with Crippen molar-refractivity contribution in [2.24, 2.45) is 0 Å². The normalized spacial score (nSPS) is 15.3. The summed E-state index contributed by atoms with van der Waals surface area (Å²) < 4.78 is 14.2. The number of likely N-dealkylation sites (N-methyl/N-ethyl adjacent to an activating group) is 1. The van der Waals surface area contributed by atoms with E-state index in [0.29, 0.717) is 24.6 Å². The van der Waals surface area contributed by atoms with E-state index in [1.807, 2.05) is 37.4 Å². The molecule has 0 heterocycles. The summed E-state index contributed by atoms with van der Waals surface area (Å²) in [5.41, 5.74) is 1.60. The number of nitrogens with one attached hydrogen (secondary N) is 1.